The molecule has 6 rings (SSSR count). The summed E-state index contributed by atoms with van der Waals surface area (Å²) in [5.74, 6) is 0. The number of halogens is 2. The van der Waals surface area contributed by atoms with Gasteiger partial charge in [-0.05, 0) is 73.5 Å². The minimum absolute atomic E-state index is 0.364. The summed E-state index contributed by atoms with van der Waals surface area (Å²) < 4.78 is -0.364. The van der Waals surface area contributed by atoms with Crippen LogP contribution in [0.4, 0.5) is 0 Å². The molecule has 0 aliphatic heterocycles. The van der Waals surface area contributed by atoms with Gasteiger partial charge in [0.2, 0.25) is 0 Å². The molecule has 0 aromatic heterocycles. The van der Waals surface area contributed by atoms with Gasteiger partial charge < -0.3 is 0 Å². The topological polar surface area (TPSA) is 0 Å². The summed E-state index contributed by atoms with van der Waals surface area (Å²) in [6.07, 6.45) is 0.935. The summed E-state index contributed by atoms with van der Waals surface area (Å²) in [4.78, 5) is 0. The Morgan fingerprint density at radius 2 is 1.20 bits per heavy atom. The van der Waals surface area contributed by atoms with Gasteiger partial charge in [-0.15, -0.1) is 0 Å². The zero-order valence-corrected chi connectivity index (χ0v) is 19.4. The second-order valence-electron chi connectivity index (χ2n) is 7.97. The zero-order chi connectivity index (χ0) is 20.3. The first-order chi connectivity index (χ1) is 14.6. The van der Waals surface area contributed by atoms with Crippen LogP contribution in [0.15, 0.2) is 97.1 Å². The maximum Gasteiger partial charge on any atom is 0.131 e. The van der Waals surface area contributed by atoms with Crippen molar-refractivity contribution in [2.45, 2.75) is 9.65 Å². The van der Waals surface area contributed by atoms with Crippen molar-refractivity contribution in [2.24, 2.45) is 0 Å². The number of hydrogen-bond donors (Lipinski definition) is 0. The molecule has 0 nitrogen and oxygen atoms in total. The Morgan fingerprint density at radius 3 is 2.07 bits per heavy atom. The molecule has 0 atom stereocenters. The molecule has 0 saturated heterocycles. The van der Waals surface area contributed by atoms with Crippen molar-refractivity contribution in [1.82, 2.24) is 0 Å². The van der Waals surface area contributed by atoms with Crippen LogP contribution in [0.3, 0.4) is 0 Å². The van der Waals surface area contributed by atoms with Crippen LogP contribution in [0, 0.1) is 0 Å². The highest BCUT2D eigenvalue weighted by atomic mass is 79.9. The van der Waals surface area contributed by atoms with Gasteiger partial charge in [0.15, 0.2) is 0 Å². The summed E-state index contributed by atoms with van der Waals surface area (Å²) in [6.45, 7) is 0. The SMILES string of the molecule is BrC1(Br)c2ccccc2Cc2c(-c3cccc4cc5ccccc5cc34)cccc21. The zero-order valence-electron chi connectivity index (χ0n) is 16.2. The van der Waals surface area contributed by atoms with Crippen molar-refractivity contribution in [3.63, 3.8) is 0 Å². The molecule has 5 aromatic carbocycles. The highest BCUT2D eigenvalue weighted by Gasteiger charge is 2.36. The summed E-state index contributed by atoms with van der Waals surface area (Å²) in [7, 11) is 0. The molecular weight excluding hydrogens is 496 g/mol. The minimum atomic E-state index is -0.364. The molecule has 0 radical (unpaired) electrons. The molecule has 5 aromatic rings. The van der Waals surface area contributed by atoms with E-state index in [1.165, 1.54) is 54.9 Å². The molecule has 144 valence electrons. The average molecular weight is 514 g/mol. The van der Waals surface area contributed by atoms with Gasteiger partial charge in [-0.3, -0.25) is 0 Å². The highest BCUT2D eigenvalue weighted by molar-refractivity contribution is 9.25. The largest absolute Gasteiger partial charge is 0.131 e. The number of hydrogen-bond acceptors (Lipinski definition) is 0. The molecule has 0 amide bonds. The Kier molecular flexibility index (Phi) is 4.16. The lowest BCUT2D eigenvalue weighted by Gasteiger charge is -2.33. The van der Waals surface area contributed by atoms with Gasteiger partial charge in [-0.25, -0.2) is 0 Å². The number of benzene rings is 5. The third-order valence-electron chi connectivity index (χ3n) is 6.27. The van der Waals surface area contributed by atoms with Crippen LogP contribution in [-0.2, 0) is 9.65 Å². The van der Waals surface area contributed by atoms with Gasteiger partial charge in [0.1, 0.15) is 3.23 Å². The van der Waals surface area contributed by atoms with E-state index < -0.39 is 0 Å². The van der Waals surface area contributed by atoms with Gasteiger partial charge in [-0.1, -0.05) is 117 Å². The fraction of sp³-hybridized carbons (Fsp3) is 0.0714. The predicted molar refractivity (Wildman–Crippen MR) is 135 cm³/mol. The molecule has 0 N–H and O–H groups in total. The Morgan fingerprint density at radius 1 is 0.567 bits per heavy atom. The monoisotopic (exact) mass is 512 g/mol. The first kappa shape index (κ1) is 18.4. The molecule has 30 heavy (non-hydrogen) atoms. The predicted octanol–water partition coefficient (Wildman–Crippen LogP) is 8.56. The number of rotatable bonds is 1. The van der Waals surface area contributed by atoms with Crippen molar-refractivity contribution < 1.29 is 0 Å². The Bertz CT molecular complexity index is 1450. The standard InChI is InChI=1S/C28H18Br2/c29-28(30)26-13-4-3-9-21(26)17-25-23(12-6-14-27(25)28)22-11-5-10-20-15-18-7-1-2-8-19(18)16-24(20)22/h1-16H,17H2. The maximum atomic E-state index is 4.00. The van der Waals surface area contributed by atoms with Gasteiger partial charge in [0, 0.05) is 0 Å². The van der Waals surface area contributed by atoms with Crippen LogP contribution in [0.5, 0.6) is 0 Å². The molecule has 0 spiro atoms. The lowest BCUT2D eigenvalue weighted by molar-refractivity contribution is 0.965. The molecule has 0 saturated carbocycles. The molecular formula is C28H18Br2. The third kappa shape index (κ3) is 2.71. The molecule has 2 heteroatoms. The highest BCUT2D eigenvalue weighted by Crippen LogP contribution is 2.52. The van der Waals surface area contributed by atoms with Gasteiger partial charge >= 0.3 is 0 Å². The van der Waals surface area contributed by atoms with Crippen LogP contribution < -0.4 is 0 Å². The summed E-state index contributed by atoms with van der Waals surface area (Å²) in [6, 6.07) is 35.3. The van der Waals surface area contributed by atoms with E-state index in [1.807, 2.05) is 0 Å². The summed E-state index contributed by atoms with van der Waals surface area (Å²) >= 11 is 7.99. The van der Waals surface area contributed by atoms with E-state index >= 15 is 0 Å². The van der Waals surface area contributed by atoms with E-state index in [1.54, 1.807) is 0 Å². The van der Waals surface area contributed by atoms with E-state index in [0.29, 0.717) is 0 Å². The molecule has 0 unspecified atom stereocenters. The van der Waals surface area contributed by atoms with Crippen LogP contribution in [0.1, 0.15) is 22.3 Å². The maximum absolute atomic E-state index is 4.00. The van der Waals surface area contributed by atoms with E-state index in [-0.39, 0.29) is 3.23 Å². The normalized spacial score (nSPS) is 14.5. The van der Waals surface area contributed by atoms with Crippen molar-refractivity contribution in [2.75, 3.05) is 0 Å². The molecule has 1 aliphatic carbocycles. The van der Waals surface area contributed by atoms with Crippen molar-refractivity contribution >= 4 is 53.4 Å². The third-order valence-corrected chi connectivity index (χ3v) is 7.98. The van der Waals surface area contributed by atoms with Crippen LogP contribution in [0.2, 0.25) is 0 Å². The lowest BCUT2D eigenvalue weighted by Crippen LogP contribution is -2.21. The fourth-order valence-corrected chi connectivity index (χ4v) is 6.36. The van der Waals surface area contributed by atoms with Crippen LogP contribution in [-0.4, -0.2) is 0 Å². The quantitative estimate of drug-likeness (QED) is 0.155. The van der Waals surface area contributed by atoms with E-state index in [2.05, 4.69) is 129 Å². The minimum Gasteiger partial charge on any atom is -0.0620 e. The number of fused-ring (bicyclic) bond motifs is 4. The lowest BCUT2D eigenvalue weighted by atomic mass is 9.81. The second-order valence-corrected chi connectivity index (χ2v) is 11.4. The first-order valence-electron chi connectivity index (χ1n) is 10.1. The molecule has 1 aliphatic rings. The summed E-state index contributed by atoms with van der Waals surface area (Å²) in [5, 5.41) is 5.15. The average Bonchev–Trinajstić information content (AvgIpc) is 2.77. The van der Waals surface area contributed by atoms with Crippen molar-refractivity contribution in [3.8, 4) is 11.1 Å². The smallest absolute Gasteiger partial charge is 0.0620 e. The van der Waals surface area contributed by atoms with E-state index in [0.717, 1.165) is 6.42 Å². The second kappa shape index (κ2) is 6.80. The molecule has 0 fully saturated rings. The number of alkyl halides is 2. The Labute approximate surface area is 192 Å². The van der Waals surface area contributed by atoms with Gasteiger partial charge in [0.05, 0.1) is 0 Å². The van der Waals surface area contributed by atoms with Crippen LogP contribution in [0.25, 0.3) is 32.7 Å². The summed E-state index contributed by atoms with van der Waals surface area (Å²) in [5.41, 5.74) is 7.92. The van der Waals surface area contributed by atoms with Crippen molar-refractivity contribution in [3.05, 3.63) is 119 Å². The van der Waals surface area contributed by atoms with E-state index in [9.17, 15) is 0 Å². The van der Waals surface area contributed by atoms with Crippen LogP contribution >= 0.6 is 31.9 Å². The van der Waals surface area contributed by atoms with Gasteiger partial charge in [-0.2, -0.15) is 0 Å². The van der Waals surface area contributed by atoms with E-state index in [4.69, 9.17) is 0 Å². The van der Waals surface area contributed by atoms with Crippen molar-refractivity contribution in [1.29, 1.82) is 0 Å². The molecule has 0 heterocycles. The fourth-order valence-electron chi connectivity index (χ4n) is 4.84. The first-order valence-corrected chi connectivity index (χ1v) is 11.7. The molecule has 0 bridgehead atoms. The van der Waals surface area contributed by atoms with Gasteiger partial charge in [0.25, 0.3) is 0 Å². The Balaban J connectivity index is 1.64. The Hall–Kier alpha value is -2.42.